The maximum atomic E-state index is 4.66. The topological polar surface area (TPSA) is 29.9 Å². The van der Waals surface area contributed by atoms with Gasteiger partial charge in [-0.1, -0.05) is 31.5 Å². The van der Waals surface area contributed by atoms with Crippen molar-refractivity contribution in [3.05, 3.63) is 47.3 Å². The van der Waals surface area contributed by atoms with Gasteiger partial charge in [-0.05, 0) is 38.9 Å². The first kappa shape index (κ1) is 13.8. The molecule has 0 bridgehead atoms. The number of hydrogen-bond acceptors (Lipinski definition) is 2. The van der Waals surface area contributed by atoms with E-state index in [9.17, 15) is 0 Å². The molecule has 2 aromatic rings. The van der Waals surface area contributed by atoms with Gasteiger partial charge in [0.2, 0.25) is 0 Å². The third-order valence-corrected chi connectivity index (χ3v) is 3.45. The number of hydrogen-bond donors (Lipinski definition) is 1. The minimum atomic E-state index is 0.907. The second kappa shape index (κ2) is 6.53. The van der Waals surface area contributed by atoms with Gasteiger partial charge in [-0.2, -0.15) is 5.10 Å². The molecule has 0 saturated carbocycles. The Kier molecular flexibility index (Phi) is 4.74. The first-order valence-electron chi connectivity index (χ1n) is 7.05. The number of rotatable bonds is 6. The van der Waals surface area contributed by atoms with Crippen molar-refractivity contribution in [1.29, 1.82) is 0 Å². The van der Waals surface area contributed by atoms with Gasteiger partial charge in [0.15, 0.2) is 0 Å². The third kappa shape index (κ3) is 3.24. The van der Waals surface area contributed by atoms with Crippen LogP contribution in [-0.4, -0.2) is 16.3 Å². The largest absolute Gasteiger partial charge is 0.313 e. The normalized spacial score (nSPS) is 10.9. The molecule has 1 N–H and O–H groups in total. The highest BCUT2D eigenvalue weighted by Crippen LogP contribution is 2.17. The van der Waals surface area contributed by atoms with Crippen molar-refractivity contribution in [3.63, 3.8) is 0 Å². The van der Waals surface area contributed by atoms with Gasteiger partial charge in [-0.25, -0.2) is 4.68 Å². The molecule has 0 unspecified atom stereocenters. The molecule has 3 heteroatoms. The minimum Gasteiger partial charge on any atom is -0.313 e. The molecule has 102 valence electrons. The molecule has 0 aliphatic carbocycles. The van der Waals surface area contributed by atoms with E-state index < -0.39 is 0 Å². The van der Waals surface area contributed by atoms with Gasteiger partial charge in [-0.15, -0.1) is 0 Å². The van der Waals surface area contributed by atoms with Gasteiger partial charge in [0.25, 0.3) is 0 Å². The van der Waals surface area contributed by atoms with E-state index in [-0.39, 0.29) is 0 Å². The van der Waals surface area contributed by atoms with Crippen molar-refractivity contribution in [2.45, 2.75) is 40.2 Å². The van der Waals surface area contributed by atoms with E-state index in [0.29, 0.717) is 0 Å². The number of aromatic nitrogens is 2. The Morgan fingerprint density at radius 2 is 1.89 bits per heavy atom. The number of unbranched alkanes of at least 4 members (excludes halogenated alkanes) is 1. The maximum Gasteiger partial charge on any atom is 0.0648 e. The summed E-state index contributed by atoms with van der Waals surface area (Å²) >= 11 is 0. The molecule has 0 radical (unpaired) electrons. The molecule has 1 aromatic carbocycles. The Morgan fingerprint density at radius 1 is 1.16 bits per heavy atom. The summed E-state index contributed by atoms with van der Waals surface area (Å²) in [6, 6.07) is 10.3. The lowest BCUT2D eigenvalue weighted by Gasteiger charge is -2.06. The lowest BCUT2D eigenvalue weighted by atomic mass is 10.2. The highest BCUT2D eigenvalue weighted by molar-refractivity contribution is 5.36. The van der Waals surface area contributed by atoms with Crippen molar-refractivity contribution in [1.82, 2.24) is 15.1 Å². The molecule has 0 fully saturated rings. The van der Waals surface area contributed by atoms with E-state index in [1.54, 1.807) is 0 Å². The van der Waals surface area contributed by atoms with Crippen LogP contribution in [0.2, 0.25) is 0 Å². The Balaban J connectivity index is 2.16. The zero-order valence-electron chi connectivity index (χ0n) is 12.1. The van der Waals surface area contributed by atoms with Crippen LogP contribution < -0.4 is 5.32 Å². The second-order valence-electron chi connectivity index (χ2n) is 4.93. The smallest absolute Gasteiger partial charge is 0.0648 e. The summed E-state index contributed by atoms with van der Waals surface area (Å²) in [6.45, 7) is 8.43. The van der Waals surface area contributed by atoms with Crippen LogP contribution in [-0.2, 0) is 6.54 Å². The summed E-state index contributed by atoms with van der Waals surface area (Å²) in [7, 11) is 0. The standard InChI is InChI=1S/C16H23N3/c1-4-5-11-17-12-16-13(2)18-19(14(16)3)15-9-7-6-8-10-15/h6-10,17H,4-5,11-12H2,1-3H3. The van der Waals surface area contributed by atoms with Crippen molar-refractivity contribution in [3.8, 4) is 5.69 Å². The molecule has 0 aliphatic heterocycles. The number of nitrogens with zero attached hydrogens (tertiary/aromatic N) is 2. The van der Waals surface area contributed by atoms with Gasteiger partial charge in [0.1, 0.15) is 0 Å². The van der Waals surface area contributed by atoms with E-state index in [4.69, 9.17) is 0 Å². The van der Waals surface area contributed by atoms with E-state index in [2.05, 4.69) is 43.3 Å². The second-order valence-corrected chi connectivity index (χ2v) is 4.93. The van der Waals surface area contributed by atoms with Gasteiger partial charge in [-0.3, -0.25) is 0 Å². The Bertz CT molecular complexity index is 514. The summed E-state index contributed by atoms with van der Waals surface area (Å²) in [5.41, 5.74) is 4.79. The molecule has 0 saturated heterocycles. The van der Waals surface area contributed by atoms with Crippen LogP contribution in [0.5, 0.6) is 0 Å². The van der Waals surface area contributed by atoms with Gasteiger partial charge in [0.05, 0.1) is 11.4 Å². The van der Waals surface area contributed by atoms with Crippen LogP contribution >= 0.6 is 0 Å². The molecule has 0 atom stereocenters. The van der Waals surface area contributed by atoms with E-state index >= 15 is 0 Å². The Hall–Kier alpha value is -1.61. The molecule has 1 heterocycles. The first-order chi connectivity index (χ1) is 9.24. The fourth-order valence-corrected chi connectivity index (χ4v) is 2.27. The van der Waals surface area contributed by atoms with Gasteiger partial charge in [0, 0.05) is 17.8 Å². The van der Waals surface area contributed by atoms with Crippen LogP contribution in [0.25, 0.3) is 5.69 Å². The average Bonchev–Trinajstić information content (AvgIpc) is 2.72. The van der Waals surface area contributed by atoms with Crippen molar-refractivity contribution >= 4 is 0 Å². The quantitative estimate of drug-likeness (QED) is 0.804. The van der Waals surface area contributed by atoms with Crippen LogP contribution in [0.15, 0.2) is 30.3 Å². The van der Waals surface area contributed by atoms with Crippen LogP contribution in [0, 0.1) is 13.8 Å². The third-order valence-electron chi connectivity index (χ3n) is 3.45. The first-order valence-corrected chi connectivity index (χ1v) is 7.05. The molecule has 0 amide bonds. The molecule has 0 aliphatic rings. The number of nitrogens with one attached hydrogen (secondary N) is 1. The summed E-state index contributed by atoms with van der Waals surface area (Å²) < 4.78 is 2.03. The summed E-state index contributed by atoms with van der Waals surface area (Å²) in [5.74, 6) is 0. The van der Waals surface area contributed by atoms with Crippen LogP contribution in [0.4, 0.5) is 0 Å². The average molecular weight is 257 g/mol. The van der Waals surface area contributed by atoms with Crippen LogP contribution in [0.3, 0.4) is 0 Å². The fraction of sp³-hybridized carbons (Fsp3) is 0.438. The summed E-state index contributed by atoms with van der Waals surface area (Å²) in [6.07, 6.45) is 2.46. The monoisotopic (exact) mass is 257 g/mol. The maximum absolute atomic E-state index is 4.66. The van der Waals surface area contributed by atoms with Gasteiger partial charge < -0.3 is 5.32 Å². The molecular weight excluding hydrogens is 234 g/mol. The highest BCUT2D eigenvalue weighted by atomic mass is 15.3. The summed E-state index contributed by atoms with van der Waals surface area (Å²) in [4.78, 5) is 0. The van der Waals surface area contributed by atoms with Crippen molar-refractivity contribution in [2.75, 3.05) is 6.54 Å². The fourth-order valence-electron chi connectivity index (χ4n) is 2.27. The van der Waals surface area contributed by atoms with E-state index in [1.807, 2.05) is 22.9 Å². The molecule has 19 heavy (non-hydrogen) atoms. The van der Waals surface area contributed by atoms with E-state index in [1.165, 1.54) is 24.1 Å². The zero-order valence-corrected chi connectivity index (χ0v) is 12.1. The molecule has 0 spiro atoms. The number of aryl methyl sites for hydroxylation is 1. The molecular formula is C16H23N3. The van der Waals surface area contributed by atoms with E-state index in [0.717, 1.165) is 24.5 Å². The van der Waals surface area contributed by atoms with Crippen molar-refractivity contribution in [2.24, 2.45) is 0 Å². The predicted octanol–water partition coefficient (Wildman–Crippen LogP) is 3.38. The molecule has 3 nitrogen and oxygen atoms in total. The molecule has 1 aromatic heterocycles. The predicted molar refractivity (Wildman–Crippen MR) is 79.7 cm³/mol. The summed E-state index contributed by atoms with van der Waals surface area (Å²) in [5, 5.41) is 8.15. The lowest BCUT2D eigenvalue weighted by molar-refractivity contribution is 0.638. The zero-order chi connectivity index (χ0) is 13.7. The highest BCUT2D eigenvalue weighted by Gasteiger charge is 2.11. The lowest BCUT2D eigenvalue weighted by Crippen LogP contribution is -2.15. The van der Waals surface area contributed by atoms with Gasteiger partial charge >= 0.3 is 0 Å². The SMILES string of the molecule is CCCCNCc1c(C)nn(-c2ccccc2)c1C. The Morgan fingerprint density at radius 3 is 2.58 bits per heavy atom. The number of para-hydroxylation sites is 1. The van der Waals surface area contributed by atoms with Crippen LogP contribution in [0.1, 0.15) is 36.7 Å². The van der Waals surface area contributed by atoms with Crippen molar-refractivity contribution < 1.29 is 0 Å². The minimum absolute atomic E-state index is 0.907. The Labute approximate surface area is 115 Å². The number of benzene rings is 1. The molecule has 2 rings (SSSR count).